The highest BCUT2D eigenvalue weighted by Gasteiger charge is 2.35. The van der Waals surface area contributed by atoms with Crippen LogP contribution in [0.25, 0.3) is 0 Å². The van der Waals surface area contributed by atoms with Crippen molar-refractivity contribution in [2.75, 3.05) is 11.4 Å². The van der Waals surface area contributed by atoms with E-state index in [1.165, 1.54) is 12.1 Å². The number of carboxylic acid groups (broad SMARTS) is 1. The molecule has 0 aromatic carbocycles. The lowest BCUT2D eigenvalue weighted by atomic mass is 9.91. The number of hydrogen-bond donors (Lipinski definition) is 1. The number of rotatable bonds is 3. The fourth-order valence-electron chi connectivity index (χ4n) is 2.71. The number of nitro groups is 1. The van der Waals surface area contributed by atoms with Crippen molar-refractivity contribution in [3.05, 3.63) is 27.9 Å². The Balaban J connectivity index is 2.36. The molecule has 2 rings (SSSR count). The van der Waals surface area contributed by atoms with Gasteiger partial charge in [-0.15, -0.1) is 0 Å². The van der Waals surface area contributed by atoms with E-state index in [0.717, 1.165) is 12.8 Å². The number of nitrogens with zero attached hydrogens (tertiary/aromatic N) is 3. The Morgan fingerprint density at radius 3 is 2.80 bits per heavy atom. The van der Waals surface area contributed by atoms with E-state index in [4.69, 9.17) is 0 Å². The Kier molecular flexibility index (Phi) is 3.87. The van der Waals surface area contributed by atoms with Crippen LogP contribution in [0.15, 0.2) is 12.1 Å². The minimum absolute atomic E-state index is 0.0264. The molecule has 2 heterocycles. The van der Waals surface area contributed by atoms with E-state index in [0.29, 0.717) is 18.1 Å². The molecule has 1 N–H and O–H groups in total. The largest absolute Gasteiger partial charge is 0.480 e. The molecule has 20 heavy (non-hydrogen) atoms. The van der Waals surface area contributed by atoms with Crippen LogP contribution in [0.1, 0.15) is 25.5 Å². The first-order chi connectivity index (χ1) is 9.41. The molecule has 1 aliphatic heterocycles. The second-order valence-electron chi connectivity index (χ2n) is 5.13. The van der Waals surface area contributed by atoms with Gasteiger partial charge in [-0.3, -0.25) is 10.1 Å². The van der Waals surface area contributed by atoms with Crippen LogP contribution in [-0.2, 0) is 4.79 Å². The Morgan fingerprint density at radius 1 is 1.55 bits per heavy atom. The van der Waals surface area contributed by atoms with Crippen molar-refractivity contribution in [3.8, 4) is 0 Å². The molecule has 0 bridgehead atoms. The van der Waals surface area contributed by atoms with E-state index in [-0.39, 0.29) is 11.6 Å². The van der Waals surface area contributed by atoms with Gasteiger partial charge in [0.1, 0.15) is 17.6 Å². The molecule has 1 saturated heterocycles. The van der Waals surface area contributed by atoms with Crippen LogP contribution in [0.3, 0.4) is 0 Å². The summed E-state index contributed by atoms with van der Waals surface area (Å²) in [5.41, 5.74) is 0.251. The Bertz CT molecular complexity index is 546. The summed E-state index contributed by atoms with van der Waals surface area (Å²) in [5.74, 6) is -0.361. The third kappa shape index (κ3) is 2.56. The first-order valence-corrected chi connectivity index (χ1v) is 6.53. The summed E-state index contributed by atoms with van der Waals surface area (Å²) in [6, 6.07) is 2.28. The molecule has 0 spiro atoms. The van der Waals surface area contributed by atoms with Gasteiger partial charge < -0.3 is 10.0 Å². The van der Waals surface area contributed by atoms with Gasteiger partial charge in [0, 0.05) is 12.6 Å². The molecule has 0 radical (unpaired) electrons. The fraction of sp³-hybridized carbons (Fsp3) is 0.538. The summed E-state index contributed by atoms with van der Waals surface area (Å²) >= 11 is 0. The van der Waals surface area contributed by atoms with Crippen molar-refractivity contribution >= 4 is 17.5 Å². The number of piperidine rings is 1. The van der Waals surface area contributed by atoms with Crippen LogP contribution in [0.5, 0.6) is 0 Å². The summed E-state index contributed by atoms with van der Waals surface area (Å²) in [6.07, 6.45) is 1.75. The fourth-order valence-corrected chi connectivity index (χ4v) is 2.71. The van der Waals surface area contributed by atoms with Gasteiger partial charge in [0.15, 0.2) is 0 Å². The topological polar surface area (TPSA) is 96.6 Å². The van der Waals surface area contributed by atoms with Crippen molar-refractivity contribution in [3.63, 3.8) is 0 Å². The van der Waals surface area contributed by atoms with E-state index in [1.807, 2.05) is 6.92 Å². The summed E-state index contributed by atoms with van der Waals surface area (Å²) < 4.78 is 0. The van der Waals surface area contributed by atoms with Crippen LogP contribution >= 0.6 is 0 Å². The molecule has 2 atom stereocenters. The molecule has 1 aliphatic rings. The average Bonchev–Trinajstić information content (AvgIpc) is 2.37. The molecule has 108 valence electrons. The van der Waals surface area contributed by atoms with Crippen molar-refractivity contribution in [2.45, 2.75) is 32.7 Å². The molecule has 1 fully saturated rings. The smallest absolute Gasteiger partial charge is 0.326 e. The van der Waals surface area contributed by atoms with Gasteiger partial charge in [0.2, 0.25) is 0 Å². The number of carboxylic acids is 1. The molecule has 7 nitrogen and oxygen atoms in total. The first kappa shape index (κ1) is 14.2. The molecule has 1 aromatic heterocycles. The summed E-state index contributed by atoms with van der Waals surface area (Å²) in [4.78, 5) is 27.7. The minimum Gasteiger partial charge on any atom is -0.480 e. The van der Waals surface area contributed by atoms with E-state index in [1.54, 1.807) is 11.8 Å². The van der Waals surface area contributed by atoms with E-state index in [9.17, 15) is 20.0 Å². The predicted octanol–water partition coefficient (Wildman–Crippen LogP) is 1.99. The Morgan fingerprint density at radius 2 is 2.25 bits per heavy atom. The molecular weight excluding hydrogens is 262 g/mol. The van der Waals surface area contributed by atoms with Crippen molar-refractivity contribution in [1.82, 2.24) is 4.98 Å². The third-order valence-corrected chi connectivity index (χ3v) is 3.72. The maximum atomic E-state index is 11.4. The number of aromatic nitrogens is 1. The highest BCUT2D eigenvalue weighted by Crippen LogP contribution is 2.29. The number of aliphatic carboxylic acids is 1. The van der Waals surface area contributed by atoms with E-state index >= 15 is 0 Å². The molecule has 7 heteroatoms. The second-order valence-corrected chi connectivity index (χ2v) is 5.13. The van der Waals surface area contributed by atoms with E-state index in [2.05, 4.69) is 4.98 Å². The standard InChI is InChI=1S/C13H17N3O4/c1-8-4-3-7-15(12(8)13(17)18)11-6-5-10(16(19)20)9(2)14-11/h5-6,8,12H,3-4,7H2,1-2H3,(H,17,18). The van der Waals surface area contributed by atoms with Gasteiger partial charge in [-0.2, -0.15) is 0 Å². The van der Waals surface area contributed by atoms with Gasteiger partial charge >= 0.3 is 5.97 Å². The summed E-state index contributed by atoms with van der Waals surface area (Å²) in [5, 5.41) is 20.2. The van der Waals surface area contributed by atoms with Gasteiger partial charge in [-0.05, 0) is 31.7 Å². The minimum atomic E-state index is -0.880. The lowest BCUT2D eigenvalue weighted by Gasteiger charge is -2.38. The highest BCUT2D eigenvalue weighted by molar-refractivity contribution is 5.78. The van der Waals surface area contributed by atoms with Crippen LogP contribution in [0.4, 0.5) is 11.5 Å². The van der Waals surface area contributed by atoms with Crippen molar-refractivity contribution < 1.29 is 14.8 Å². The van der Waals surface area contributed by atoms with Crippen molar-refractivity contribution in [1.29, 1.82) is 0 Å². The number of hydrogen-bond acceptors (Lipinski definition) is 5. The summed E-state index contributed by atoms with van der Waals surface area (Å²) in [6.45, 7) is 4.07. The van der Waals surface area contributed by atoms with Gasteiger partial charge in [0.05, 0.1) is 4.92 Å². The maximum absolute atomic E-state index is 11.4. The zero-order chi connectivity index (χ0) is 14.9. The lowest BCUT2D eigenvalue weighted by molar-refractivity contribution is -0.385. The molecule has 0 amide bonds. The average molecular weight is 279 g/mol. The first-order valence-electron chi connectivity index (χ1n) is 6.53. The second kappa shape index (κ2) is 5.44. The number of anilines is 1. The maximum Gasteiger partial charge on any atom is 0.326 e. The highest BCUT2D eigenvalue weighted by atomic mass is 16.6. The SMILES string of the molecule is Cc1nc(N2CCCC(C)C2C(=O)O)ccc1[N+](=O)[O-]. The van der Waals surface area contributed by atoms with Crippen LogP contribution in [0, 0.1) is 23.0 Å². The van der Waals surface area contributed by atoms with Crippen LogP contribution in [0.2, 0.25) is 0 Å². The lowest BCUT2D eigenvalue weighted by Crippen LogP contribution is -2.49. The number of aryl methyl sites for hydroxylation is 1. The van der Waals surface area contributed by atoms with Gasteiger partial charge in [-0.1, -0.05) is 6.92 Å². The normalized spacial score (nSPS) is 22.6. The van der Waals surface area contributed by atoms with Crippen molar-refractivity contribution in [2.24, 2.45) is 5.92 Å². The number of carbonyl (C=O) groups is 1. The van der Waals surface area contributed by atoms with Crippen LogP contribution in [-0.4, -0.2) is 33.6 Å². The molecular formula is C13H17N3O4. The quantitative estimate of drug-likeness (QED) is 0.671. The van der Waals surface area contributed by atoms with E-state index < -0.39 is 16.9 Å². The molecule has 0 saturated carbocycles. The number of pyridine rings is 1. The predicted molar refractivity (Wildman–Crippen MR) is 72.8 cm³/mol. The van der Waals surface area contributed by atoms with Gasteiger partial charge in [-0.25, -0.2) is 9.78 Å². The third-order valence-electron chi connectivity index (χ3n) is 3.72. The molecule has 0 aliphatic carbocycles. The monoisotopic (exact) mass is 279 g/mol. The zero-order valence-electron chi connectivity index (χ0n) is 11.4. The molecule has 1 aromatic rings. The Hall–Kier alpha value is -2.18. The van der Waals surface area contributed by atoms with Gasteiger partial charge in [0.25, 0.3) is 5.69 Å². The zero-order valence-corrected chi connectivity index (χ0v) is 11.4. The van der Waals surface area contributed by atoms with Crippen LogP contribution < -0.4 is 4.90 Å². The summed E-state index contributed by atoms with van der Waals surface area (Å²) in [7, 11) is 0. The molecule has 2 unspecified atom stereocenters. The Labute approximate surface area is 116 Å².